The number of amides is 1. The minimum atomic E-state index is -0.364. The summed E-state index contributed by atoms with van der Waals surface area (Å²) in [5.74, 6) is -0.441. The molecule has 8 heteroatoms. The van der Waals surface area contributed by atoms with Gasteiger partial charge >= 0.3 is 0 Å². The first-order valence-corrected chi connectivity index (χ1v) is 7.40. The number of hydrogen-bond donors (Lipinski definition) is 3. The van der Waals surface area contributed by atoms with E-state index in [2.05, 4.69) is 10.5 Å². The normalized spacial score (nSPS) is 11.5. The summed E-state index contributed by atoms with van der Waals surface area (Å²) in [5, 5.41) is 16.8. The third-order valence-corrected chi connectivity index (χ3v) is 4.75. The molecule has 0 aliphatic heterocycles. The standard InChI is InChI=1S/C13H11Cl2N3O2S/c1-6-5-21-11(10(6)15)13(19)17-9-4-7(12(16)18-20)2-3-8(9)14/h2-5,20H,1H3,(H2,16,18)(H,17,19). The molecule has 0 spiro atoms. The highest BCUT2D eigenvalue weighted by molar-refractivity contribution is 7.13. The number of halogens is 2. The van der Waals surface area contributed by atoms with Gasteiger partial charge in [-0.3, -0.25) is 4.79 Å². The third kappa shape index (κ3) is 3.29. The van der Waals surface area contributed by atoms with Crippen molar-refractivity contribution in [2.24, 2.45) is 10.9 Å². The second-order valence-corrected chi connectivity index (χ2v) is 5.86. The number of anilines is 1. The van der Waals surface area contributed by atoms with Crippen molar-refractivity contribution in [1.29, 1.82) is 0 Å². The van der Waals surface area contributed by atoms with Crippen LogP contribution in [-0.2, 0) is 0 Å². The number of benzene rings is 1. The minimum Gasteiger partial charge on any atom is -0.409 e. The molecular formula is C13H11Cl2N3O2S. The number of nitrogens with two attached hydrogens (primary N) is 1. The second-order valence-electron chi connectivity index (χ2n) is 4.20. The molecule has 1 amide bonds. The lowest BCUT2D eigenvalue weighted by Gasteiger charge is -2.08. The van der Waals surface area contributed by atoms with Gasteiger partial charge in [0.25, 0.3) is 5.91 Å². The number of rotatable bonds is 3. The zero-order valence-corrected chi connectivity index (χ0v) is 13.2. The number of thiophene rings is 1. The molecule has 21 heavy (non-hydrogen) atoms. The molecule has 0 aliphatic carbocycles. The fraction of sp³-hybridized carbons (Fsp3) is 0.0769. The molecule has 1 aromatic carbocycles. The van der Waals surface area contributed by atoms with Gasteiger partial charge in [0.1, 0.15) is 4.88 Å². The number of oxime groups is 1. The van der Waals surface area contributed by atoms with Crippen molar-refractivity contribution in [1.82, 2.24) is 0 Å². The van der Waals surface area contributed by atoms with E-state index in [0.29, 0.717) is 26.2 Å². The number of amidine groups is 1. The first kappa shape index (κ1) is 15.6. The summed E-state index contributed by atoms with van der Waals surface area (Å²) in [6.07, 6.45) is 0. The molecule has 0 fully saturated rings. The quantitative estimate of drug-likeness (QED) is 0.343. The molecule has 4 N–H and O–H groups in total. The topological polar surface area (TPSA) is 87.7 Å². The Morgan fingerprint density at radius 3 is 2.71 bits per heavy atom. The lowest BCUT2D eigenvalue weighted by Crippen LogP contribution is -2.15. The van der Waals surface area contributed by atoms with Gasteiger partial charge in [0.2, 0.25) is 0 Å². The monoisotopic (exact) mass is 343 g/mol. The summed E-state index contributed by atoms with van der Waals surface area (Å²) < 4.78 is 0. The molecule has 0 atom stereocenters. The van der Waals surface area contributed by atoms with Gasteiger partial charge in [0.15, 0.2) is 5.84 Å². The van der Waals surface area contributed by atoms with E-state index in [9.17, 15) is 4.79 Å². The maximum absolute atomic E-state index is 12.2. The molecule has 2 aromatic rings. The number of carbonyl (C=O) groups is 1. The summed E-state index contributed by atoms with van der Waals surface area (Å²) in [4.78, 5) is 12.6. The van der Waals surface area contributed by atoms with Gasteiger partial charge in [0, 0.05) is 5.56 Å². The van der Waals surface area contributed by atoms with E-state index in [1.54, 1.807) is 17.5 Å². The Hall–Kier alpha value is -1.76. The Bertz CT molecular complexity index is 728. The van der Waals surface area contributed by atoms with Gasteiger partial charge in [-0.15, -0.1) is 11.3 Å². The van der Waals surface area contributed by atoms with E-state index in [-0.39, 0.29) is 11.7 Å². The predicted molar refractivity (Wildman–Crippen MR) is 86.0 cm³/mol. The van der Waals surface area contributed by atoms with Gasteiger partial charge in [-0.05, 0) is 36.1 Å². The van der Waals surface area contributed by atoms with Crippen LogP contribution in [0.15, 0.2) is 28.7 Å². The molecule has 1 aromatic heterocycles. The van der Waals surface area contributed by atoms with Crippen molar-refractivity contribution >= 4 is 52.0 Å². The van der Waals surface area contributed by atoms with E-state index < -0.39 is 0 Å². The molecule has 0 saturated carbocycles. The van der Waals surface area contributed by atoms with Crippen molar-refractivity contribution in [3.63, 3.8) is 0 Å². The molecule has 0 saturated heterocycles. The number of carbonyl (C=O) groups excluding carboxylic acids is 1. The predicted octanol–water partition coefficient (Wildman–Crippen LogP) is 3.71. The summed E-state index contributed by atoms with van der Waals surface area (Å²) in [6, 6.07) is 4.64. The maximum atomic E-state index is 12.2. The van der Waals surface area contributed by atoms with Crippen LogP contribution in [0.4, 0.5) is 5.69 Å². The average molecular weight is 344 g/mol. The van der Waals surface area contributed by atoms with Gasteiger partial charge in [-0.25, -0.2) is 0 Å². The van der Waals surface area contributed by atoms with Gasteiger partial charge in [-0.1, -0.05) is 28.4 Å². The van der Waals surface area contributed by atoms with E-state index in [4.69, 9.17) is 34.1 Å². The highest BCUT2D eigenvalue weighted by Crippen LogP contribution is 2.29. The Morgan fingerprint density at radius 1 is 1.43 bits per heavy atom. The zero-order chi connectivity index (χ0) is 15.6. The Labute approximate surface area is 135 Å². The van der Waals surface area contributed by atoms with Crippen LogP contribution in [-0.4, -0.2) is 17.0 Å². The van der Waals surface area contributed by atoms with E-state index in [1.807, 2.05) is 6.92 Å². The smallest absolute Gasteiger partial charge is 0.267 e. The second kappa shape index (κ2) is 6.34. The molecule has 0 aliphatic rings. The Balaban J connectivity index is 2.31. The maximum Gasteiger partial charge on any atom is 0.267 e. The van der Waals surface area contributed by atoms with Gasteiger partial charge in [-0.2, -0.15) is 0 Å². The van der Waals surface area contributed by atoms with Crippen LogP contribution in [0.25, 0.3) is 0 Å². The van der Waals surface area contributed by atoms with Crippen LogP contribution in [0.3, 0.4) is 0 Å². The molecule has 0 bridgehead atoms. The highest BCUT2D eigenvalue weighted by Gasteiger charge is 2.16. The largest absolute Gasteiger partial charge is 0.409 e. The lowest BCUT2D eigenvalue weighted by molar-refractivity contribution is 0.103. The summed E-state index contributed by atoms with van der Waals surface area (Å²) in [5.41, 5.74) is 7.13. The fourth-order valence-corrected chi connectivity index (χ4v) is 2.94. The molecule has 0 unspecified atom stereocenters. The lowest BCUT2D eigenvalue weighted by atomic mass is 10.2. The van der Waals surface area contributed by atoms with Crippen LogP contribution >= 0.6 is 34.5 Å². The fourth-order valence-electron chi connectivity index (χ4n) is 1.60. The highest BCUT2D eigenvalue weighted by atomic mass is 35.5. The number of nitrogens with one attached hydrogen (secondary N) is 1. The van der Waals surface area contributed by atoms with Crippen molar-refractivity contribution < 1.29 is 10.0 Å². The molecule has 110 valence electrons. The van der Waals surface area contributed by atoms with Crippen molar-refractivity contribution in [2.45, 2.75) is 6.92 Å². The molecular weight excluding hydrogens is 333 g/mol. The van der Waals surface area contributed by atoms with E-state index in [1.165, 1.54) is 17.4 Å². The Kier molecular flexibility index (Phi) is 4.72. The van der Waals surface area contributed by atoms with Gasteiger partial charge in [0.05, 0.1) is 15.7 Å². The molecule has 0 radical (unpaired) electrons. The average Bonchev–Trinajstić information content (AvgIpc) is 2.80. The van der Waals surface area contributed by atoms with Crippen molar-refractivity contribution in [3.05, 3.63) is 49.6 Å². The van der Waals surface area contributed by atoms with Crippen LogP contribution in [0.1, 0.15) is 20.8 Å². The van der Waals surface area contributed by atoms with Gasteiger partial charge < -0.3 is 16.3 Å². The summed E-state index contributed by atoms with van der Waals surface area (Å²) >= 11 is 13.3. The van der Waals surface area contributed by atoms with E-state index >= 15 is 0 Å². The number of nitrogens with zero attached hydrogens (tertiary/aromatic N) is 1. The van der Waals surface area contributed by atoms with Crippen LogP contribution < -0.4 is 11.1 Å². The minimum absolute atomic E-state index is 0.0767. The summed E-state index contributed by atoms with van der Waals surface area (Å²) in [7, 11) is 0. The first-order chi connectivity index (χ1) is 9.93. The van der Waals surface area contributed by atoms with Crippen LogP contribution in [0, 0.1) is 6.92 Å². The van der Waals surface area contributed by atoms with Crippen molar-refractivity contribution in [3.8, 4) is 0 Å². The molecule has 1 heterocycles. The Morgan fingerprint density at radius 2 is 2.14 bits per heavy atom. The molecule has 2 rings (SSSR count). The van der Waals surface area contributed by atoms with E-state index in [0.717, 1.165) is 5.56 Å². The first-order valence-electron chi connectivity index (χ1n) is 5.76. The van der Waals surface area contributed by atoms with Crippen molar-refractivity contribution in [2.75, 3.05) is 5.32 Å². The number of aryl methyl sites for hydroxylation is 1. The van der Waals surface area contributed by atoms with Crippen LogP contribution in [0.2, 0.25) is 10.0 Å². The molecule has 5 nitrogen and oxygen atoms in total. The van der Waals surface area contributed by atoms with Crippen LogP contribution in [0.5, 0.6) is 0 Å². The zero-order valence-electron chi connectivity index (χ0n) is 10.9. The SMILES string of the molecule is Cc1csc(C(=O)Nc2cc(/C(N)=N/O)ccc2Cl)c1Cl. The number of hydrogen-bond acceptors (Lipinski definition) is 4. The summed E-state index contributed by atoms with van der Waals surface area (Å²) in [6.45, 7) is 1.82. The third-order valence-electron chi connectivity index (χ3n) is 2.72.